The van der Waals surface area contributed by atoms with Gasteiger partial charge in [-0.15, -0.1) is 0 Å². The van der Waals surface area contributed by atoms with Crippen molar-refractivity contribution >= 4 is 23.2 Å². The lowest BCUT2D eigenvalue weighted by Crippen LogP contribution is -2.13. The highest BCUT2D eigenvalue weighted by Gasteiger charge is 2.19. The molecule has 2 rings (SSSR count). The van der Waals surface area contributed by atoms with Gasteiger partial charge in [0.1, 0.15) is 12.4 Å². The van der Waals surface area contributed by atoms with E-state index in [4.69, 9.17) is 23.2 Å². The largest absolute Gasteiger partial charge is 0.380 e. The zero-order valence-corrected chi connectivity index (χ0v) is 11.5. The normalized spacial score (nSPS) is 13.0. The summed E-state index contributed by atoms with van der Waals surface area (Å²) in [6, 6.07) is 5.13. The second-order valence-corrected chi connectivity index (χ2v) is 5.05. The first kappa shape index (κ1) is 13.3. The van der Waals surface area contributed by atoms with E-state index in [0.29, 0.717) is 21.4 Å². The molecule has 1 aromatic heterocycles. The molecule has 0 amide bonds. The van der Waals surface area contributed by atoms with E-state index in [9.17, 15) is 5.11 Å². The molecule has 96 valence electrons. The molecule has 0 aliphatic rings. The van der Waals surface area contributed by atoms with Crippen LogP contribution in [0.15, 0.2) is 24.5 Å². The second kappa shape index (κ2) is 5.26. The number of halogens is 2. The number of hydrogen-bond donors (Lipinski definition) is 1. The predicted molar refractivity (Wildman–Crippen MR) is 70.9 cm³/mol. The zero-order chi connectivity index (χ0) is 13.3. The lowest BCUT2D eigenvalue weighted by atomic mass is 10.1. The fourth-order valence-corrected chi connectivity index (χ4v) is 1.99. The molecule has 0 bridgehead atoms. The Morgan fingerprint density at radius 3 is 2.56 bits per heavy atom. The van der Waals surface area contributed by atoms with Gasteiger partial charge in [-0.25, -0.2) is 9.67 Å². The third-order valence-corrected chi connectivity index (χ3v) is 3.33. The third kappa shape index (κ3) is 2.51. The summed E-state index contributed by atoms with van der Waals surface area (Å²) in [7, 11) is 0. The topological polar surface area (TPSA) is 50.9 Å². The van der Waals surface area contributed by atoms with E-state index >= 15 is 0 Å². The van der Waals surface area contributed by atoms with Gasteiger partial charge in [-0.1, -0.05) is 29.3 Å². The van der Waals surface area contributed by atoms with Gasteiger partial charge in [0.25, 0.3) is 0 Å². The van der Waals surface area contributed by atoms with Gasteiger partial charge in [0.05, 0.1) is 10.0 Å². The van der Waals surface area contributed by atoms with Crippen LogP contribution in [0.25, 0.3) is 0 Å². The van der Waals surface area contributed by atoms with Gasteiger partial charge < -0.3 is 5.11 Å². The summed E-state index contributed by atoms with van der Waals surface area (Å²) in [6.45, 7) is 3.94. The minimum atomic E-state index is -0.871. The maximum absolute atomic E-state index is 10.3. The molecule has 4 nitrogen and oxygen atoms in total. The van der Waals surface area contributed by atoms with Crippen molar-refractivity contribution < 1.29 is 5.11 Å². The van der Waals surface area contributed by atoms with E-state index in [1.165, 1.54) is 6.33 Å². The summed E-state index contributed by atoms with van der Waals surface area (Å²) in [5, 5.41) is 15.3. The molecular weight excluding hydrogens is 273 g/mol. The van der Waals surface area contributed by atoms with Crippen molar-refractivity contribution in [2.75, 3.05) is 0 Å². The van der Waals surface area contributed by atoms with Crippen LogP contribution in [0.1, 0.15) is 37.4 Å². The molecule has 0 aliphatic heterocycles. The summed E-state index contributed by atoms with van der Waals surface area (Å²) in [5.74, 6) is 0.489. The van der Waals surface area contributed by atoms with Crippen LogP contribution in [-0.2, 0) is 0 Å². The van der Waals surface area contributed by atoms with Crippen molar-refractivity contribution in [1.29, 1.82) is 0 Å². The van der Waals surface area contributed by atoms with Crippen LogP contribution in [0, 0.1) is 0 Å². The average Bonchev–Trinajstić information content (AvgIpc) is 2.81. The van der Waals surface area contributed by atoms with Crippen molar-refractivity contribution in [3.8, 4) is 0 Å². The Balaban J connectivity index is 2.38. The molecule has 18 heavy (non-hydrogen) atoms. The SMILES string of the molecule is CC(C)n1ncnc1C(O)c1ccc(Cl)c(Cl)c1. The number of rotatable bonds is 3. The molecule has 1 aromatic carbocycles. The highest BCUT2D eigenvalue weighted by Crippen LogP contribution is 2.28. The summed E-state index contributed by atoms with van der Waals surface area (Å²) >= 11 is 11.8. The van der Waals surface area contributed by atoms with Gasteiger partial charge in [-0.2, -0.15) is 5.10 Å². The highest BCUT2D eigenvalue weighted by atomic mass is 35.5. The second-order valence-electron chi connectivity index (χ2n) is 4.23. The van der Waals surface area contributed by atoms with Gasteiger partial charge in [-0.05, 0) is 31.5 Å². The van der Waals surface area contributed by atoms with E-state index in [2.05, 4.69) is 10.1 Å². The highest BCUT2D eigenvalue weighted by molar-refractivity contribution is 6.42. The van der Waals surface area contributed by atoms with Crippen LogP contribution in [0.2, 0.25) is 10.0 Å². The van der Waals surface area contributed by atoms with Gasteiger partial charge in [0, 0.05) is 6.04 Å². The molecule has 0 saturated heterocycles. The Morgan fingerprint density at radius 2 is 1.94 bits per heavy atom. The molecule has 0 spiro atoms. The van der Waals surface area contributed by atoms with E-state index in [-0.39, 0.29) is 6.04 Å². The predicted octanol–water partition coefficient (Wildman–Crippen LogP) is 3.25. The van der Waals surface area contributed by atoms with E-state index in [0.717, 1.165) is 0 Å². The lowest BCUT2D eigenvalue weighted by molar-refractivity contribution is 0.200. The Morgan fingerprint density at radius 1 is 1.22 bits per heavy atom. The molecular formula is C12H13Cl2N3O. The van der Waals surface area contributed by atoms with E-state index in [1.54, 1.807) is 22.9 Å². The molecule has 0 aliphatic carbocycles. The Hall–Kier alpha value is -1.10. The van der Waals surface area contributed by atoms with Crippen molar-refractivity contribution in [3.05, 3.63) is 46.0 Å². The van der Waals surface area contributed by atoms with Crippen LogP contribution < -0.4 is 0 Å². The first-order chi connectivity index (χ1) is 8.50. The first-order valence-corrected chi connectivity index (χ1v) is 6.28. The van der Waals surface area contributed by atoms with E-state index in [1.807, 2.05) is 13.8 Å². The summed E-state index contributed by atoms with van der Waals surface area (Å²) in [6.07, 6.45) is 0.556. The first-order valence-electron chi connectivity index (χ1n) is 5.53. The number of benzene rings is 1. The fourth-order valence-electron chi connectivity index (χ4n) is 1.68. The Bertz CT molecular complexity index is 554. The van der Waals surface area contributed by atoms with E-state index < -0.39 is 6.10 Å². The van der Waals surface area contributed by atoms with Crippen molar-refractivity contribution in [1.82, 2.24) is 14.8 Å². The van der Waals surface area contributed by atoms with Gasteiger partial charge in [0.15, 0.2) is 5.82 Å². The molecule has 1 N–H and O–H groups in total. The summed E-state index contributed by atoms with van der Waals surface area (Å²) in [4.78, 5) is 4.09. The standard InChI is InChI=1S/C12H13Cl2N3O/c1-7(2)17-12(15-6-16-17)11(18)8-3-4-9(13)10(14)5-8/h3-7,11,18H,1-2H3. The average molecular weight is 286 g/mol. The van der Waals surface area contributed by atoms with Crippen LogP contribution in [0.5, 0.6) is 0 Å². The Labute approximate surface area is 115 Å². The summed E-state index contributed by atoms with van der Waals surface area (Å²) < 4.78 is 1.67. The minimum absolute atomic E-state index is 0.125. The maximum atomic E-state index is 10.3. The van der Waals surface area contributed by atoms with Gasteiger partial charge in [-0.3, -0.25) is 0 Å². The number of aromatic nitrogens is 3. The van der Waals surface area contributed by atoms with Crippen molar-refractivity contribution in [3.63, 3.8) is 0 Å². The van der Waals surface area contributed by atoms with Crippen LogP contribution in [0.3, 0.4) is 0 Å². The Kier molecular flexibility index (Phi) is 3.90. The molecule has 1 heterocycles. The van der Waals surface area contributed by atoms with Crippen LogP contribution in [-0.4, -0.2) is 19.9 Å². The number of hydrogen-bond acceptors (Lipinski definition) is 3. The molecule has 0 fully saturated rings. The smallest absolute Gasteiger partial charge is 0.160 e. The fraction of sp³-hybridized carbons (Fsp3) is 0.333. The monoisotopic (exact) mass is 285 g/mol. The number of nitrogens with zero attached hydrogens (tertiary/aromatic N) is 3. The van der Waals surface area contributed by atoms with Crippen molar-refractivity contribution in [2.24, 2.45) is 0 Å². The number of aliphatic hydroxyl groups excluding tert-OH is 1. The van der Waals surface area contributed by atoms with Gasteiger partial charge in [0.2, 0.25) is 0 Å². The third-order valence-electron chi connectivity index (χ3n) is 2.59. The summed E-state index contributed by atoms with van der Waals surface area (Å²) in [5.41, 5.74) is 0.638. The molecule has 1 unspecified atom stereocenters. The maximum Gasteiger partial charge on any atom is 0.160 e. The minimum Gasteiger partial charge on any atom is -0.380 e. The quantitative estimate of drug-likeness (QED) is 0.942. The number of aliphatic hydroxyl groups is 1. The van der Waals surface area contributed by atoms with Gasteiger partial charge >= 0.3 is 0 Å². The molecule has 0 radical (unpaired) electrons. The molecule has 1 atom stereocenters. The molecule has 6 heteroatoms. The lowest BCUT2D eigenvalue weighted by Gasteiger charge is -2.15. The van der Waals surface area contributed by atoms with Crippen LogP contribution >= 0.6 is 23.2 Å². The zero-order valence-electron chi connectivity index (χ0n) is 10.0. The molecule has 0 saturated carbocycles. The molecule has 2 aromatic rings. The van der Waals surface area contributed by atoms with Crippen molar-refractivity contribution in [2.45, 2.75) is 26.0 Å². The van der Waals surface area contributed by atoms with Crippen LogP contribution in [0.4, 0.5) is 0 Å².